The molecule has 1 aromatic carbocycles. The summed E-state index contributed by atoms with van der Waals surface area (Å²) in [6.07, 6.45) is 1.82. The lowest BCUT2D eigenvalue weighted by Crippen LogP contribution is -2.15. The van der Waals surface area contributed by atoms with E-state index in [2.05, 4.69) is 26.2 Å². The van der Waals surface area contributed by atoms with Crippen molar-refractivity contribution in [3.63, 3.8) is 0 Å². The average Bonchev–Trinajstić information content (AvgIpc) is 2.89. The summed E-state index contributed by atoms with van der Waals surface area (Å²) in [5.41, 5.74) is 2.47. The van der Waals surface area contributed by atoms with Crippen LogP contribution in [-0.4, -0.2) is 29.5 Å². The summed E-state index contributed by atoms with van der Waals surface area (Å²) >= 11 is 3.42. The summed E-state index contributed by atoms with van der Waals surface area (Å²) in [6, 6.07) is 8.95. The number of hydrogen-bond acceptors (Lipinski definition) is 4. The van der Waals surface area contributed by atoms with Gasteiger partial charge in [0.05, 0.1) is 19.9 Å². The number of rotatable bonds is 4. The number of amides is 1. The number of hydrogen-bond donors (Lipinski definition) is 1. The molecule has 2 aromatic heterocycles. The third-order valence-corrected chi connectivity index (χ3v) is 4.08. The van der Waals surface area contributed by atoms with Crippen LogP contribution in [0.3, 0.4) is 0 Å². The van der Waals surface area contributed by atoms with Gasteiger partial charge in [-0.25, -0.2) is 4.98 Å². The summed E-state index contributed by atoms with van der Waals surface area (Å²) in [5.74, 6) is 0.906. The maximum absolute atomic E-state index is 12.7. The molecule has 24 heavy (non-hydrogen) atoms. The van der Waals surface area contributed by atoms with E-state index in [0.717, 1.165) is 4.47 Å². The van der Waals surface area contributed by atoms with E-state index >= 15 is 0 Å². The number of nitrogens with one attached hydrogen (secondary N) is 1. The summed E-state index contributed by atoms with van der Waals surface area (Å²) in [6.45, 7) is 1.81. The number of anilines is 1. The molecule has 3 rings (SSSR count). The van der Waals surface area contributed by atoms with Gasteiger partial charge >= 0.3 is 0 Å². The molecule has 0 saturated carbocycles. The lowest BCUT2D eigenvalue weighted by molar-refractivity contribution is 0.102. The van der Waals surface area contributed by atoms with Crippen LogP contribution in [0.25, 0.3) is 5.65 Å². The number of carbonyl (C=O) groups is 1. The Balaban J connectivity index is 1.96. The van der Waals surface area contributed by atoms with E-state index in [9.17, 15) is 4.79 Å². The molecule has 0 radical (unpaired) electrons. The lowest BCUT2D eigenvalue weighted by atomic mass is 10.2. The van der Waals surface area contributed by atoms with Gasteiger partial charge in [-0.3, -0.25) is 9.20 Å². The molecule has 0 aliphatic carbocycles. The Morgan fingerprint density at radius 2 is 1.92 bits per heavy atom. The zero-order valence-electron chi connectivity index (χ0n) is 13.5. The minimum absolute atomic E-state index is 0.245. The van der Waals surface area contributed by atoms with Crippen molar-refractivity contribution in [1.29, 1.82) is 0 Å². The first-order chi connectivity index (χ1) is 11.5. The van der Waals surface area contributed by atoms with Gasteiger partial charge in [-0.2, -0.15) is 0 Å². The molecule has 0 saturated heterocycles. The maximum Gasteiger partial charge on any atom is 0.274 e. The van der Waals surface area contributed by atoms with Crippen LogP contribution in [0.2, 0.25) is 0 Å². The van der Waals surface area contributed by atoms with Gasteiger partial charge in [0, 0.05) is 22.4 Å². The van der Waals surface area contributed by atoms with E-state index in [0.29, 0.717) is 34.2 Å². The minimum Gasteiger partial charge on any atom is -0.493 e. The van der Waals surface area contributed by atoms with Crippen molar-refractivity contribution < 1.29 is 14.3 Å². The van der Waals surface area contributed by atoms with Crippen LogP contribution in [-0.2, 0) is 0 Å². The van der Waals surface area contributed by atoms with Gasteiger partial charge in [-0.1, -0.05) is 0 Å². The van der Waals surface area contributed by atoms with Gasteiger partial charge in [-0.15, -0.1) is 0 Å². The highest BCUT2D eigenvalue weighted by atomic mass is 79.9. The topological polar surface area (TPSA) is 64.9 Å². The number of benzene rings is 1. The summed E-state index contributed by atoms with van der Waals surface area (Å²) in [7, 11) is 3.12. The fourth-order valence-corrected chi connectivity index (χ4v) is 2.85. The van der Waals surface area contributed by atoms with Gasteiger partial charge < -0.3 is 14.8 Å². The van der Waals surface area contributed by atoms with E-state index < -0.39 is 0 Å². The van der Waals surface area contributed by atoms with Crippen molar-refractivity contribution in [2.24, 2.45) is 0 Å². The monoisotopic (exact) mass is 389 g/mol. The highest BCUT2D eigenvalue weighted by molar-refractivity contribution is 9.10. The summed E-state index contributed by atoms with van der Waals surface area (Å²) in [4.78, 5) is 17.1. The number of pyridine rings is 1. The third kappa shape index (κ3) is 2.94. The van der Waals surface area contributed by atoms with Crippen LogP contribution >= 0.6 is 15.9 Å². The third-order valence-electron chi connectivity index (χ3n) is 3.61. The number of aromatic nitrogens is 2. The molecule has 1 amide bonds. The van der Waals surface area contributed by atoms with Crippen molar-refractivity contribution in [3.8, 4) is 11.5 Å². The molecule has 2 heterocycles. The molecule has 0 bridgehead atoms. The number of fused-ring (bicyclic) bond motifs is 1. The molecule has 0 spiro atoms. The van der Waals surface area contributed by atoms with Crippen molar-refractivity contribution >= 4 is 33.2 Å². The lowest BCUT2D eigenvalue weighted by Gasteiger charge is -2.11. The second-order valence-corrected chi connectivity index (χ2v) is 6.06. The Bertz CT molecular complexity index is 921. The Labute approximate surface area is 147 Å². The standard InChI is InChI=1S/C17H16BrN3O3/c1-10-16(21-9-11(18)4-7-15(21)19-10)17(22)20-12-5-6-13(23-2)14(8-12)24-3/h4-9H,1-3H3,(H,20,22). The zero-order valence-corrected chi connectivity index (χ0v) is 15.0. The van der Waals surface area contributed by atoms with E-state index in [1.807, 2.05) is 25.3 Å². The van der Waals surface area contributed by atoms with Crippen molar-refractivity contribution in [2.45, 2.75) is 6.92 Å². The fourth-order valence-electron chi connectivity index (χ4n) is 2.51. The van der Waals surface area contributed by atoms with E-state index in [1.54, 1.807) is 36.8 Å². The SMILES string of the molecule is COc1ccc(NC(=O)c2c(C)nc3ccc(Br)cn23)cc1OC. The van der Waals surface area contributed by atoms with Gasteiger partial charge in [0.25, 0.3) is 5.91 Å². The van der Waals surface area contributed by atoms with E-state index in [1.165, 1.54) is 0 Å². The first-order valence-electron chi connectivity index (χ1n) is 7.21. The Kier molecular flexibility index (Phi) is 4.44. The number of ether oxygens (including phenoxy) is 2. The molecule has 6 nitrogen and oxygen atoms in total. The van der Waals surface area contributed by atoms with E-state index in [-0.39, 0.29) is 5.91 Å². The maximum atomic E-state index is 12.7. The predicted molar refractivity (Wildman–Crippen MR) is 95.1 cm³/mol. The fraction of sp³-hybridized carbons (Fsp3) is 0.176. The molecule has 0 fully saturated rings. The predicted octanol–water partition coefficient (Wildman–Crippen LogP) is 3.67. The summed E-state index contributed by atoms with van der Waals surface area (Å²) in [5, 5.41) is 2.87. The normalized spacial score (nSPS) is 10.7. The molecule has 3 aromatic rings. The first-order valence-corrected chi connectivity index (χ1v) is 8.00. The number of imidazole rings is 1. The molecular weight excluding hydrogens is 374 g/mol. The van der Waals surface area contributed by atoms with Crippen LogP contribution in [0.4, 0.5) is 5.69 Å². The minimum atomic E-state index is -0.245. The number of carbonyl (C=O) groups excluding carboxylic acids is 1. The molecule has 7 heteroatoms. The van der Waals surface area contributed by atoms with Crippen LogP contribution in [0, 0.1) is 6.92 Å². The number of halogens is 1. The zero-order chi connectivity index (χ0) is 17.3. The Morgan fingerprint density at radius 1 is 1.17 bits per heavy atom. The molecule has 0 aliphatic rings. The Hall–Kier alpha value is -2.54. The quantitative estimate of drug-likeness (QED) is 0.738. The molecule has 124 valence electrons. The molecule has 0 aliphatic heterocycles. The number of methoxy groups -OCH3 is 2. The first kappa shape index (κ1) is 16.3. The van der Waals surface area contributed by atoms with E-state index in [4.69, 9.17) is 9.47 Å². The van der Waals surface area contributed by atoms with Crippen LogP contribution in [0.15, 0.2) is 41.0 Å². The van der Waals surface area contributed by atoms with Crippen molar-refractivity contribution in [1.82, 2.24) is 9.38 Å². The largest absolute Gasteiger partial charge is 0.493 e. The number of aryl methyl sites for hydroxylation is 1. The molecule has 0 atom stereocenters. The second kappa shape index (κ2) is 6.52. The number of nitrogens with zero attached hydrogens (tertiary/aromatic N) is 2. The Morgan fingerprint density at radius 3 is 2.62 bits per heavy atom. The summed E-state index contributed by atoms with van der Waals surface area (Å²) < 4.78 is 13.1. The van der Waals surface area contributed by atoms with Gasteiger partial charge in [0.2, 0.25) is 0 Å². The highest BCUT2D eigenvalue weighted by Crippen LogP contribution is 2.30. The highest BCUT2D eigenvalue weighted by Gasteiger charge is 2.17. The molecular formula is C17H16BrN3O3. The van der Waals surface area contributed by atoms with Gasteiger partial charge in [0.1, 0.15) is 11.3 Å². The second-order valence-electron chi connectivity index (χ2n) is 5.15. The molecule has 0 unspecified atom stereocenters. The van der Waals surface area contributed by atoms with Crippen LogP contribution < -0.4 is 14.8 Å². The van der Waals surface area contributed by atoms with Gasteiger partial charge in [0.15, 0.2) is 11.5 Å². The average molecular weight is 390 g/mol. The van der Waals surface area contributed by atoms with Crippen LogP contribution in [0.1, 0.15) is 16.2 Å². The van der Waals surface area contributed by atoms with Crippen molar-refractivity contribution in [2.75, 3.05) is 19.5 Å². The van der Waals surface area contributed by atoms with Crippen molar-refractivity contribution in [3.05, 3.63) is 52.4 Å². The molecule has 1 N–H and O–H groups in total. The van der Waals surface area contributed by atoms with Gasteiger partial charge in [-0.05, 0) is 47.1 Å². The smallest absolute Gasteiger partial charge is 0.274 e. The van der Waals surface area contributed by atoms with Crippen LogP contribution in [0.5, 0.6) is 11.5 Å².